The molecule has 8 atom stereocenters. The Morgan fingerprint density at radius 2 is 1.35 bits per heavy atom. The normalized spacial score (nSPS) is 40.1. The second kappa shape index (κ2) is 9.79. The molecular formula is C26H41ClO4. The molecular weight excluding hydrogens is 412 g/mol. The Bertz CT molecular complexity index is 698. The minimum absolute atomic E-state index is 0.00762. The van der Waals surface area contributed by atoms with E-state index in [0.29, 0.717) is 22.7 Å². The summed E-state index contributed by atoms with van der Waals surface area (Å²) in [5, 5.41) is 9.10. The summed E-state index contributed by atoms with van der Waals surface area (Å²) in [6.45, 7) is 20.3. The summed E-state index contributed by atoms with van der Waals surface area (Å²) in [6, 6.07) is 0. The molecule has 6 aliphatic rings. The fourth-order valence-electron chi connectivity index (χ4n) is 6.58. The Kier molecular flexibility index (Phi) is 8.25. The third-order valence-electron chi connectivity index (χ3n) is 9.19. The van der Waals surface area contributed by atoms with Gasteiger partial charge in [0.2, 0.25) is 5.24 Å². The molecule has 0 aromatic rings. The number of hydrogen-bond donors (Lipinski definition) is 1. The predicted molar refractivity (Wildman–Crippen MR) is 125 cm³/mol. The first kappa shape index (κ1) is 26.1. The lowest BCUT2D eigenvalue weighted by Gasteiger charge is -2.61. The average molecular weight is 453 g/mol. The van der Waals surface area contributed by atoms with Gasteiger partial charge in [-0.1, -0.05) is 54.7 Å². The van der Waals surface area contributed by atoms with Gasteiger partial charge in [0.05, 0.1) is 6.10 Å². The van der Waals surface area contributed by atoms with Crippen molar-refractivity contribution in [3.8, 4) is 0 Å². The van der Waals surface area contributed by atoms with Crippen LogP contribution >= 0.6 is 11.6 Å². The number of aliphatic hydroxyl groups is 1. The standard InChI is InChI=1S/C13H20O2.C10H18O.C3H3ClO/c1-5-12(14)15-11-7-9-6-10(8(11)2)13(9,3)4;1-6-8-4-7(5-9(6)11)10(8,2)3;1-2-3(4)5/h5,8-11H,1,6-7H2,2-4H3;6-9,11H,4-5H2,1-3H3;2H,1H2/t8-,9+,10-,11-;6-,7+,8-,9-;/m11./s1. The van der Waals surface area contributed by atoms with Crippen molar-refractivity contribution >= 4 is 22.8 Å². The van der Waals surface area contributed by atoms with Crippen molar-refractivity contribution in [1.82, 2.24) is 0 Å². The molecule has 0 aromatic carbocycles. The largest absolute Gasteiger partial charge is 0.459 e. The summed E-state index contributed by atoms with van der Waals surface area (Å²) in [5.74, 6) is 3.81. The van der Waals surface area contributed by atoms with Crippen LogP contribution in [0.1, 0.15) is 67.2 Å². The van der Waals surface area contributed by atoms with Crippen LogP contribution in [0.2, 0.25) is 0 Å². The summed E-state index contributed by atoms with van der Waals surface area (Å²) in [6.07, 6.45) is 7.18. The summed E-state index contributed by atoms with van der Waals surface area (Å²) in [4.78, 5) is 20.6. The van der Waals surface area contributed by atoms with Gasteiger partial charge in [0.15, 0.2) is 0 Å². The quantitative estimate of drug-likeness (QED) is 0.335. The van der Waals surface area contributed by atoms with Gasteiger partial charge >= 0.3 is 5.97 Å². The van der Waals surface area contributed by atoms with Gasteiger partial charge in [-0.25, -0.2) is 4.79 Å². The third kappa shape index (κ3) is 5.27. The van der Waals surface area contributed by atoms with Crippen LogP contribution in [-0.2, 0) is 14.3 Å². The number of esters is 1. The van der Waals surface area contributed by atoms with Gasteiger partial charge in [-0.2, -0.15) is 0 Å². The van der Waals surface area contributed by atoms with Gasteiger partial charge in [0.25, 0.3) is 0 Å². The number of ether oxygens (including phenoxy) is 1. The molecule has 4 bridgehead atoms. The van der Waals surface area contributed by atoms with Crippen LogP contribution in [0.4, 0.5) is 0 Å². The highest BCUT2D eigenvalue weighted by molar-refractivity contribution is 6.66. The number of rotatable bonds is 3. The molecule has 1 N–H and O–H groups in total. The Hall–Kier alpha value is -1.13. The Labute approximate surface area is 193 Å². The molecule has 5 heteroatoms. The molecule has 0 spiro atoms. The van der Waals surface area contributed by atoms with E-state index < -0.39 is 5.24 Å². The minimum Gasteiger partial charge on any atom is -0.459 e. The van der Waals surface area contributed by atoms with E-state index in [1.807, 2.05) is 0 Å². The van der Waals surface area contributed by atoms with E-state index >= 15 is 0 Å². The van der Waals surface area contributed by atoms with Crippen LogP contribution in [0, 0.1) is 46.3 Å². The number of carbonyl (C=O) groups is 2. The molecule has 6 saturated carbocycles. The summed E-state index contributed by atoms with van der Waals surface area (Å²) in [5.41, 5.74) is 0.981. The molecule has 0 aromatic heterocycles. The van der Waals surface area contributed by atoms with Gasteiger partial charge < -0.3 is 9.84 Å². The number of hydrogen-bond acceptors (Lipinski definition) is 4. The fraction of sp³-hybridized carbons (Fsp3) is 0.769. The molecule has 0 saturated heterocycles. The molecule has 6 rings (SSSR count). The summed E-state index contributed by atoms with van der Waals surface area (Å²) < 4.78 is 5.39. The van der Waals surface area contributed by atoms with Crippen molar-refractivity contribution in [2.45, 2.75) is 79.4 Å². The molecule has 6 fully saturated rings. The number of aliphatic hydroxyl groups excluding tert-OH is 1. The molecule has 0 amide bonds. The molecule has 31 heavy (non-hydrogen) atoms. The van der Waals surface area contributed by atoms with E-state index in [1.165, 1.54) is 18.9 Å². The van der Waals surface area contributed by atoms with E-state index in [-0.39, 0.29) is 18.2 Å². The summed E-state index contributed by atoms with van der Waals surface area (Å²) >= 11 is 4.71. The van der Waals surface area contributed by atoms with Crippen molar-refractivity contribution in [3.63, 3.8) is 0 Å². The lowest BCUT2D eigenvalue weighted by atomic mass is 9.45. The Morgan fingerprint density at radius 1 is 0.903 bits per heavy atom. The monoisotopic (exact) mass is 452 g/mol. The van der Waals surface area contributed by atoms with E-state index in [0.717, 1.165) is 42.6 Å². The number of fused-ring (bicyclic) bond motifs is 4. The van der Waals surface area contributed by atoms with Crippen molar-refractivity contribution in [1.29, 1.82) is 0 Å². The van der Waals surface area contributed by atoms with Crippen LogP contribution < -0.4 is 0 Å². The highest BCUT2D eigenvalue weighted by Crippen LogP contribution is 2.62. The second-order valence-electron chi connectivity index (χ2n) is 11.2. The van der Waals surface area contributed by atoms with Crippen LogP contribution in [0.25, 0.3) is 0 Å². The van der Waals surface area contributed by atoms with Crippen molar-refractivity contribution in [2.75, 3.05) is 0 Å². The van der Waals surface area contributed by atoms with Crippen molar-refractivity contribution < 1.29 is 19.4 Å². The summed E-state index contributed by atoms with van der Waals surface area (Å²) in [7, 11) is 0. The highest BCUT2D eigenvalue weighted by atomic mass is 35.5. The van der Waals surface area contributed by atoms with Crippen molar-refractivity contribution in [2.24, 2.45) is 46.3 Å². The zero-order valence-electron chi connectivity index (χ0n) is 20.1. The van der Waals surface area contributed by atoms with E-state index in [2.05, 4.69) is 54.7 Å². The Morgan fingerprint density at radius 3 is 1.68 bits per heavy atom. The molecule has 0 aliphatic heterocycles. The molecule has 0 heterocycles. The zero-order chi connectivity index (χ0) is 23.7. The topological polar surface area (TPSA) is 63.6 Å². The number of allylic oxidation sites excluding steroid dienone is 1. The van der Waals surface area contributed by atoms with Crippen LogP contribution in [0.3, 0.4) is 0 Å². The van der Waals surface area contributed by atoms with Gasteiger partial charge in [-0.3, -0.25) is 4.79 Å². The predicted octanol–water partition coefficient (Wildman–Crippen LogP) is 5.77. The average Bonchev–Trinajstić information content (AvgIpc) is 2.71. The first-order chi connectivity index (χ1) is 14.3. The van der Waals surface area contributed by atoms with Gasteiger partial charge in [-0.05, 0) is 89.7 Å². The van der Waals surface area contributed by atoms with Gasteiger partial charge in [0.1, 0.15) is 6.10 Å². The first-order valence-electron chi connectivity index (χ1n) is 11.6. The smallest absolute Gasteiger partial charge is 0.330 e. The molecule has 0 unspecified atom stereocenters. The highest BCUT2D eigenvalue weighted by Gasteiger charge is 2.57. The molecule has 0 radical (unpaired) electrons. The van der Waals surface area contributed by atoms with Crippen LogP contribution in [0.5, 0.6) is 0 Å². The maximum Gasteiger partial charge on any atom is 0.330 e. The first-order valence-corrected chi connectivity index (χ1v) is 12.0. The molecule has 6 aliphatic carbocycles. The van der Waals surface area contributed by atoms with E-state index in [1.54, 1.807) is 0 Å². The SMILES string of the molecule is C=CC(=O)Cl.C=CC(=O)O[C@@H]1C[C@@H]2C[C@H]([C@H]1C)C2(C)C.C[C@H]1[C@H](O)C[C@@H]2C[C@H]1C2(C)C. The van der Waals surface area contributed by atoms with Crippen LogP contribution in [0.15, 0.2) is 25.3 Å². The maximum absolute atomic E-state index is 11.2. The van der Waals surface area contributed by atoms with E-state index in [9.17, 15) is 14.7 Å². The molecule has 4 nitrogen and oxygen atoms in total. The Balaban J connectivity index is 0.000000187. The third-order valence-corrected chi connectivity index (χ3v) is 9.35. The number of halogens is 1. The van der Waals surface area contributed by atoms with Gasteiger partial charge in [0, 0.05) is 6.08 Å². The number of carbonyl (C=O) groups excluding carboxylic acids is 2. The van der Waals surface area contributed by atoms with Crippen LogP contribution in [-0.4, -0.2) is 28.5 Å². The zero-order valence-corrected chi connectivity index (χ0v) is 20.8. The molecule has 176 valence electrons. The van der Waals surface area contributed by atoms with Crippen molar-refractivity contribution in [3.05, 3.63) is 25.3 Å². The lowest BCUT2D eigenvalue weighted by Crippen LogP contribution is -2.57. The maximum atomic E-state index is 11.2. The minimum atomic E-state index is -0.509. The van der Waals surface area contributed by atoms with Gasteiger partial charge in [-0.15, -0.1) is 0 Å². The lowest BCUT2D eigenvalue weighted by molar-refractivity contribution is -0.182. The fourth-order valence-corrected chi connectivity index (χ4v) is 6.58. The van der Waals surface area contributed by atoms with E-state index in [4.69, 9.17) is 16.3 Å². The second-order valence-corrected chi connectivity index (χ2v) is 11.5.